The van der Waals surface area contributed by atoms with E-state index in [0.29, 0.717) is 18.0 Å². The molecule has 0 spiro atoms. The highest BCUT2D eigenvalue weighted by atomic mass is 32.1. The Morgan fingerprint density at radius 2 is 1.79 bits per heavy atom. The van der Waals surface area contributed by atoms with Crippen molar-refractivity contribution < 1.29 is 14.7 Å². The van der Waals surface area contributed by atoms with Crippen LogP contribution in [-0.4, -0.2) is 41.0 Å². The second-order valence-corrected chi connectivity index (χ2v) is 8.64. The molecule has 2 N–H and O–H groups in total. The normalized spacial score (nSPS) is 17.4. The van der Waals surface area contributed by atoms with Crippen LogP contribution >= 0.6 is 11.3 Å². The first-order valence-electron chi connectivity index (χ1n) is 9.83. The standard InChI is InChI=1S/C22H28N2O3S/c1-15(2)19(23-21(26)18-9-6-14-28-18)22(27)24-12-10-17(11-13-24)20(25)16-7-4-3-5-8-16/h3-9,14-15,17,19-20,25H,10-13H2,1-2H3,(H,23,26). The zero-order valence-corrected chi connectivity index (χ0v) is 17.2. The molecular weight excluding hydrogens is 372 g/mol. The average Bonchev–Trinajstić information content (AvgIpc) is 3.26. The fourth-order valence-corrected chi connectivity index (χ4v) is 4.32. The van der Waals surface area contributed by atoms with Crippen molar-refractivity contribution in [3.8, 4) is 0 Å². The number of rotatable bonds is 6. The van der Waals surface area contributed by atoms with Crippen LogP contribution in [0, 0.1) is 11.8 Å². The molecule has 2 aromatic rings. The number of hydrogen-bond donors (Lipinski definition) is 2. The van der Waals surface area contributed by atoms with E-state index in [-0.39, 0.29) is 23.7 Å². The Labute approximate surface area is 170 Å². The molecule has 0 aliphatic carbocycles. The summed E-state index contributed by atoms with van der Waals surface area (Å²) in [6.07, 6.45) is 1.01. The van der Waals surface area contributed by atoms with Gasteiger partial charge in [0.25, 0.3) is 5.91 Å². The summed E-state index contributed by atoms with van der Waals surface area (Å²) in [7, 11) is 0. The molecule has 0 radical (unpaired) electrons. The van der Waals surface area contributed by atoms with Crippen LogP contribution in [0.5, 0.6) is 0 Å². The van der Waals surface area contributed by atoms with Crippen LogP contribution in [0.1, 0.15) is 48.0 Å². The summed E-state index contributed by atoms with van der Waals surface area (Å²) in [4.78, 5) is 27.9. The van der Waals surface area contributed by atoms with Gasteiger partial charge < -0.3 is 15.3 Å². The SMILES string of the molecule is CC(C)C(NC(=O)c1cccs1)C(=O)N1CCC(C(O)c2ccccc2)CC1. The fraction of sp³-hybridized carbons (Fsp3) is 0.455. The highest BCUT2D eigenvalue weighted by Gasteiger charge is 2.33. The van der Waals surface area contributed by atoms with E-state index >= 15 is 0 Å². The van der Waals surface area contributed by atoms with Gasteiger partial charge in [0.05, 0.1) is 11.0 Å². The topological polar surface area (TPSA) is 69.6 Å². The summed E-state index contributed by atoms with van der Waals surface area (Å²) < 4.78 is 0. The number of nitrogens with zero attached hydrogens (tertiary/aromatic N) is 1. The van der Waals surface area contributed by atoms with E-state index in [2.05, 4.69) is 5.32 Å². The summed E-state index contributed by atoms with van der Waals surface area (Å²) in [6, 6.07) is 12.7. The van der Waals surface area contributed by atoms with Crippen molar-refractivity contribution in [1.29, 1.82) is 0 Å². The first-order valence-corrected chi connectivity index (χ1v) is 10.7. The number of aliphatic hydroxyl groups excluding tert-OH is 1. The van der Waals surface area contributed by atoms with Gasteiger partial charge in [-0.05, 0) is 41.7 Å². The third-order valence-electron chi connectivity index (χ3n) is 5.40. The molecule has 0 saturated carbocycles. The van der Waals surface area contributed by atoms with Crippen molar-refractivity contribution in [1.82, 2.24) is 10.2 Å². The van der Waals surface area contributed by atoms with Crippen LogP contribution in [0.2, 0.25) is 0 Å². The minimum atomic E-state index is -0.537. The lowest BCUT2D eigenvalue weighted by Gasteiger charge is -2.37. The maximum atomic E-state index is 13.0. The third-order valence-corrected chi connectivity index (χ3v) is 6.27. The number of amides is 2. The Hall–Kier alpha value is -2.18. The molecule has 6 heteroatoms. The molecule has 2 atom stereocenters. The minimum Gasteiger partial charge on any atom is -0.388 e. The van der Waals surface area contributed by atoms with Gasteiger partial charge in [0.1, 0.15) is 6.04 Å². The first kappa shape index (κ1) is 20.6. The molecule has 1 aromatic carbocycles. The Balaban J connectivity index is 1.58. The molecule has 2 heterocycles. The van der Waals surface area contributed by atoms with E-state index in [9.17, 15) is 14.7 Å². The molecule has 5 nitrogen and oxygen atoms in total. The Morgan fingerprint density at radius 3 is 2.36 bits per heavy atom. The van der Waals surface area contributed by atoms with E-state index in [1.807, 2.05) is 60.5 Å². The van der Waals surface area contributed by atoms with Crippen LogP contribution < -0.4 is 5.32 Å². The van der Waals surface area contributed by atoms with Gasteiger partial charge in [-0.25, -0.2) is 0 Å². The van der Waals surface area contributed by atoms with Gasteiger partial charge in [-0.2, -0.15) is 0 Å². The number of piperidine rings is 1. The first-order chi connectivity index (χ1) is 13.5. The molecule has 1 aromatic heterocycles. The van der Waals surface area contributed by atoms with Gasteiger partial charge in [0.15, 0.2) is 0 Å². The summed E-state index contributed by atoms with van der Waals surface area (Å²) in [5, 5.41) is 15.4. The predicted molar refractivity (Wildman–Crippen MR) is 111 cm³/mol. The molecular formula is C22H28N2O3S. The zero-order chi connectivity index (χ0) is 20.1. The molecule has 1 aliphatic rings. The van der Waals surface area contributed by atoms with Gasteiger partial charge >= 0.3 is 0 Å². The van der Waals surface area contributed by atoms with Crippen LogP contribution in [0.15, 0.2) is 47.8 Å². The zero-order valence-electron chi connectivity index (χ0n) is 16.4. The summed E-state index contributed by atoms with van der Waals surface area (Å²) in [5.41, 5.74) is 0.926. The number of carbonyl (C=O) groups is 2. The van der Waals surface area contributed by atoms with E-state index in [4.69, 9.17) is 0 Å². The Kier molecular flexibility index (Phi) is 6.86. The molecule has 1 aliphatic heterocycles. The lowest BCUT2D eigenvalue weighted by atomic mass is 9.87. The van der Waals surface area contributed by atoms with Gasteiger partial charge in [-0.1, -0.05) is 50.2 Å². The maximum absolute atomic E-state index is 13.0. The van der Waals surface area contributed by atoms with Gasteiger partial charge in [0.2, 0.25) is 5.91 Å². The van der Waals surface area contributed by atoms with Crippen LogP contribution in [0.3, 0.4) is 0 Å². The molecule has 1 saturated heterocycles. The number of nitrogens with one attached hydrogen (secondary N) is 1. The number of likely N-dealkylation sites (tertiary alicyclic amines) is 1. The van der Waals surface area contributed by atoms with Crippen molar-refractivity contribution in [3.63, 3.8) is 0 Å². The largest absolute Gasteiger partial charge is 0.388 e. The Bertz CT molecular complexity index is 768. The highest BCUT2D eigenvalue weighted by molar-refractivity contribution is 7.12. The molecule has 2 unspecified atom stereocenters. The molecule has 2 amide bonds. The van der Waals surface area contributed by atoms with Gasteiger partial charge in [0, 0.05) is 13.1 Å². The lowest BCUT2D eigenvalue weighted by Crippen LogP contribution is -2.53. The van der Waals surface area contributed by atoms with Crippen LogP contribution in [0.4, 0.5) is 0 Å². The quantitative estimate of drug-likeness (QED) is 0.780. The molecule has 28 heavy (non-hydrogen) atoms. The Morgan fingerprint density at radius 1 is 1.11 bits per heavy atom. The number of aliphatic hydroxyl groups is 1. The highest BCUT2D eigenvalue weighted by Crippen LogP contribution is 2.31. The molecule has 150 valence electrons. The predicted octanol–water partition coefficient (Wildman–Crippen LogP) is 3.47. The summed E-state index contributed by atoms with van der Waals surface area (Å²) >= 11 is 1.37. The van der Waals surface area contributed by atoms with E-state index < -0.39 is 12.1 Å². The van der Waals surface area contributed by atoms with E-state index in [1.165, 1.54) is 11.3 Å². The number of carbonyl (C=O) groups excluding carboxylic acids is 2. The van der Waals surface area contributed by atoms with E-state index in [0.717, 1.165) is 18.4 Å². The number of benzene rings is 1. The second-order valence-electron chi connectivity index (χ2n) is 7.69. The van der Waals surface area contributed by atoms with Crippen LogP contribution in [0.25, 0.3) is 0 Å². The van der Waals surface area contributed by atoms with Crippen molar-refractivity contribution in [2.24, 2.45) is 11.8 Å². The van der Waals surface area contributed by atoms with Crippen molar-refractivity contribution in [3.05, 3.63) is 58.3 Å². The monoisotopic (exact) mass is 400 g/mol. The number of thiophene rings is 1. The maximum Gasteiger partial charge on any atom is 0.262 e. The van der Waals surface area contributed by atoms with E-state index in [1.54, 1.807) is 6.07 Å². The third kappa shape index (κ3) is 4.80. The lowest BCUT2D eigenvalue weighted by molar-refractivity contribution is -0.136. The minimum absolute atomic E-state index is 0.00375. The fourth-order valence-electron chi connectivity index (χ4n) is 3.69. The van der Waals surface area contributed by atoms with Crippen LogP contribution in [-0.2, 0) is 4.79 Å². The molecule has 0 bridgehead atoms. The number of hydrogen-bond acceptors (Lipinski definition) is 4. The summed E-state index contributed by atoms with van der Waals surface area (Å²) in [6.45, 7) is 5.10. The smallest absolute Gasteiger partial charge is 0.262 e. The van der Waals surface area contributed by atoms with Crippen molar-refractivity contribution in [2.45, 2.75) is 38.8 Å². The molecule has 3 rings (SSSR count). The van der Waals surface area contributed by atoms with Gasteiger partial charge in [-0.3, -0.25) is 9.59 Å². The summed E-state index contributed by atoms with van der Waals surface area (Å²) in [5.74, 6) is -0.0855. The molecule has 1 fully saturated rings. The average molecular weight is 401 g/mol. The van der Waals surface area contributed by atoms with Crippen molar-refractivity contribution in [2.75, 3.05) is 13.1 Å². The second kappa shape index (κ2) is 9.34. The van der Waals surface area contributed by atoms with Gasteiger partial charge in [-0.15, -0.1) is 11.3 Å². The van der Waals surface area contributed by atoms with Crippen molar-refractivity contribution >= 4 is 23.2 Å².